The predicted octanol–water partition coefficient (Wildman–Crippen LogP) is -2.10. The summed E-state index contributed by atoms with van der Waals surface area (Å²) in [6, 6.07) is -19.3. The van der Waals surface area contributed by atoms with E-state index in [1.54, 1.807) is 27.7 Å². The topological polar surface area (TPSA) is 627 Å². The van der Waals surface area contributed by atoms with Crippen LogP contribution in [0.25, 0.3) is 0 Å². The van der Waals surface area contributed by atoms with Crippen LogP contribution < -0.4 is 76.1 Å². The van der Waals surface area contributed by atoms with Crippen molar-refractivity contribution in [3.63, 3.8) is 0 Å². The zero-order chi connectivity index (χ0) is 84.6. The molecular weight excluding hydrogens is 1510 g/mol. The smallest absolute Gasteiger partial charge is 0.328 e. The van der Waals surface area contributed by atoms with Crippen molar-refractivity contribution in [1.82, 2.24) is 58.1 Å². The van der Waals surface area contributed by atoms with E-state index in [0.29, 0.717) is 12.8 Å². The highest BCUT2D eigenvalue weighted by atomic mass is 32.2. The summed E-state index contributed by atoms with van der Waals surface area (Å²) < 4.78 is 5.47. The molecule has 1 saturated heterocycles. The van der Waals surface area contributed by atoms with Crippen molar-refractivity contribution < 1.29 is 107 Å². The zero-order valence-electron chi connectivity index (χ0n) is 65.8. The average Bonchev–Trinajstić information content (AvgIpc) is 1.60. The molecule has 0 saturated carbocycles. The first-order chi connectivity index (χ1) is 52.9. The third-order valence-corrected chi connectivity index (χ3v) is 19.7. The lowest BCUT2D eigenvalue weighted by atomic mass is 10.0. The number of aliphatic carboxylic acids is 3. The van der Waals surface area contributed by atoms with Gasteiger partial charge in [0.1, 0.15) is 67.0 Å². The number of unbranched alkanes of at least 4 members (excludes halogenated alkanes) is 13. The lowest BCUT2D eigenvalue weighted by Gasteiger charge is -2.31. The largest absolute Gasteiger partial charge is 0.481 e. The van der Waals surface area contributed by atoms with E-state index in [-0.39, 0.29) is 101 Å². The number of likely N-dealkylation sites (tertiary alicyclic amines) is 1. The van der Waals surface area contributed by atoms with E-state index in [0.717, 1.165) is 56.2 Å². The molecule has 11 amide bonds. The second-order valence-electron chi connectivity index (χ2n) is 28.8. The van der Waals surface area contributed by atoms with Crippen molar-refractivity contribution in [2.24, 2.45) is 39.8 Å². The first-order valence-electron chi connectivity index (χ1n) is 38.8. The number of carbonyl (C=O) groups excluding carboxylic acids is 12. The fraction of sp³-hybridized carbons (Fsp3) is 0.778. The van der Waals surface area contributed by atoms with Gasteiger partial charge in [-0.3, -0.25) is 72.1 Å². The summed E-state index contributed by atoms with van der Waals surface area (Å²) in [6.45, 7) is 9.78. The van der Waals surface area contributed by atoms with Gasteiger partial charge in [-0.1, -0.05) is 112 Å². The van der Waals surface area contributed by atoms with Crippen LogP contribution in [0.15, 0.2) is 4.99 Å². The van der Waals surface area contributed by atoms with Crippen LogP contribution in [0, 0.1) is 11.8 Å². The molecule has 38 nitrogen and oxygen atoms in total. The number of esters is 1. The second-order valence-corrected chi connectivity index (χ2v) is 30.3. The van der Waals surface area contributed by atoms with Crippen molar-refractivity contribution >= 4 is 119 Å². The van der Waals surface area contributed by atoms with E-state index in [9.17, 15) is 103 Å². The van der Waals surface area contributed by atoms with E-state index >= 15 is 0 Å². The van der Waals surface area contributed by atoms with E-state index in [2.05, 4.69) is 77.7 Å². The van der Waals surface area contributed by atoms with Gasteiger partial charge in [-0.2, -0.15) is 24.4 Å². The molecule has 112 heavy (non-hydrogen) atoms. The lowest BCUT2D eigenvalue weighted by molar-refractivity contribution is -0.145. The molecule has 0 unspecified atom stereocenters. The molecule has 1 heterocycles. The Labute approximate surface area is 665 Å². The normalized spacial score (nSPS) is 16.1. The highest BCUT2D eigenvalue weighted by molar-refractivity contribution is 7.99. The third-order valence-electron chi connectivity index (χ3n) is 18.3. The maximum absolute atomic E-state index is 14.7. The third kappa shape index (κ3) is 41.6. The Kier molecular flexibility index (Phi) is 51.8. The fourth-order valence-electron chi connectivity index (χ4n) is 11.8. The molecule has 0 spiro atoms. The second kappa shape index (κ2) is 56.9. The van der Waals surface area contributed by atoms with Crippen LogP contribution in [0.5, 0.6) is 0 Å². The number of hydrogen-bond donors (Lipinski definition) is 21. The molecule has 0 aromatic carbocycles. The molecule has 24 N–H and O–H groups in total. The van der Waals surface area contributed by atoms with E-state index in [1.807, 2.05) is 0 Å². The van der Waals surface area contributed by atoms with Gasteiger partial charge in [-0.25, -0.2) is 4.79 Å². The maximum atomic E-state index is 14.7. The minimum atomic E-state index is -1.91. The van der Waals surface area contributed by atoms with Gasteiger partial charge in [0.2, 0.25) is 65.0 Å². The van der Waals surface area contributed by atoms with Crippen molar-refractivity contribution in [1.29, 1.82) is 0 Å². The van der Waals surface area contributed by atoms with Gasteiger partial charge in [-0.05, 0) is 96.4 Å². The summed E-state index contributed by atoms with van der Waals surface area (Å²) in [5, 5.41) is 84.4. The number of carboxylic acid groups (broad SMARTS) is 3. The molecule has 1 rings (SSSR count). The van der Waals surface area contributed by atoms with E-state index < -0.39 is 211 Å². The van der Waals surface area contributed by atoms with Crippen LogP contribution >= 0.6 is 24.4 Å². The summed E-state index contributed by atoms with van der Waals surface area (Å²) >= 11 is 5.29. The Morgan fingerprint density at radius 2 is 1.02 bits per heavy atom. The van der Waals surface area contributed by atoms with Gasteiger partial charge in [-0.15, -0.1) is 0 Å². The molecule has 0 radical (unpaired) electrons. The van der Waals surface area contributed by atoms with Crippen LogP contribution in [-0.4, -0.2) is 265 Å². The van der Waals surface area contributed by atoms with Crippen LogP contribution in [0.1, 0.15) is 209 Å². The van der Waals surface area contributed by atoms with E-state index in [1.165, 1.54) is 51.4 Å². The number of guanidine groups is 1. The number of rotatable bonds is 61. The number of aliphatic hydroxyl groups is 3. The zero-order valence-corrected chi connectivity index (χ0v) is 67.6. The average molecular weight is 1630 g/mol. The minimum absolute atomic E-state index is 0.00151. The molecule has 0 aromatic heterocycles. The Morgan fingerprint density at radius 3 is 1.55 bits per heavy atom. The predicted molar refractivity (Wildman–Crippen MR) is 419 cm³/mol. The highest BCUT2D eigenvalue weighted by Crippen LogP contribution is 2.22. The van der Waals surface area contributed by atoms with Gasteiger partial charge >= 0.3 is 23.9 Å². The van der Waals surface area contributed by atoms with Gasteiger partial charge in [0.25, 0.3) is 0 Å². The van der Waals surface area contributed by atoms with Gasteiger partial charge in [0, 0.05) is 43.2 Å². The first-order valence-corrected chi connectivity index (χ1v) is 40.6. The van der Waals surface area contributed by atoms with Gasteiger partial charge < -0.3 is 116 Å². The Balaban J connectivity index is 3.57. The molecule has 1 fully saturated rings. The van der Waals surface area contributed by atoms with Crippen LogP contribution in [0.2, 0.25) is 0 Å². The standard InChI is InChI=1S/C72H128N16O22S2/c1-8-9-10-11-12-13-14-15-16-17-18-19-20-28-56(96)110-34-35-112-40-52(85-65(102)51(39-111)84-63(100)49(37-55(94)95)82-68(105)57(74)42(4)5)66(103)81-48(36-41(2)3)62(99)83-50(38-89)64(101)80-47(26-23-32-77-72(75)76)70(107)88-33-24-27-53(88)67(104)86-58(43(6)90)69(106)79-46(29-30-54(92)93)60(97)78-45(25-21-22-31-73)61(98)87-59(44(7)91)71(108)109/h41-53,57-59,89-91,111H,8-40,73-74H2,1-7H3,(H,78,97)(H,79,106)(H,80,101)(H,81,103)(H,82,105)(H,83,99)(H,84,100)(H,85,102)(H,86,104)(H,87,98)(H,92,93)(H,94,95)(H,108,109)(H4,75,76,77)/t43-,44-,45+,46+,47+,48+,49+,50+,51+,52+,53+,57+,58+,59+/m1/s1. The fourth-order valence-corrected chi connectivity index (χ4v) is 12.9. The Bertz CT molecular complexity index is 3020. The van der Waals surface area contributed by atoms with Gasteiger partial charge in [0.15, 0.2) is 12.0 Å². The van der Waals surface area contributed by atoms with E-state index in [4.69, 9.17) is 27.7 Å². The first kappa shape index (κ1) is 102. The summed E-state index contributed by atoms with van der Waals surface area (Å²) in [5.74, 6) is -18.1. The summed E-state index contributed by atoms with van der Waals surface area (Å²) in [4.78, 5) is 207. The molecule has 40 heteroatoms. The number of nitrogens with two attached hydrogens (primary N) is 4. The van der Waals surface area contributed by atoms with Crippen molar-refractivity contribution in [2.45, 2.75) is 294 Å². The number of aliphatic hydroxyl groups excluding tert-OH is 3. The number of nitrogens with one attached hydrogen (secondary N) is 10. The molecule has 1 aliphatic rings. The molecule has 640 valence electrons. The quantitative estimate of drug-likeness (QED) is 0.0102. The lowest BCUT2D eigenvalue weighted by Crippen LogP contribution is -2.62. The van der Waals surface area contributed by atoms with Crippen molar-refractivity contribution in [3.05, 3.63) is 0 Å². The number of nitrogens with zero attached hydrogens (tertiary/aromatic N) is 2. The number of carboxylic acids is 3. The molecule has 14 atom stereocenters. The highest BCUT2D eigenvalue weighted by Gasteiger charge is 2.42. The SMILES string of the molecule is CCCCCCCCCCCCCCCC(=O)OCCSC[C@H](NC(=O)[C@H](CS)NC(=O)[C@H](CC(=O)O)NC(=O)[C@@H](N)C(C)C)C(=O)N[C@@H](CC(C)C)C(=O)N[C@@H](CO)C(=O)N[C@@H](CCCN=C(N)N)C(=O)N1CCC[C@H]1C(=O)N[C@H](C(=O)N[C@@H](CCC(=O)O)C(=O)N[C@@H](CCCCN)C(=O)N[C@H](C(=O)O)[C@@H](C)O)[C@@H](C)O. The summed E-state index contributed by atoms with van der Waals surface area (Å²) in [5.41, 5.74) is 22.7. The Hall–Kier alpha value is -8.18. The molecular formula is C72H128N16O22S2. The number of amides is 11. The number of aliphatic imine (C=N–C) groups is 1. The van der Waals surface area contributed by atoms with Crippen LogP contribution in [0.4, 0.5) is 0 Å². The van der Waals surface area contributed by atoms with Crippen molar-refractivity contribution in [2.75, 3.05) is 50.1 Å². The number of hydrogen-bond acceptors (Lipinski definition) is 24. The summed E-state index contributed by atoms with van der Waals surface area (Å²) in [7, 11) is 0. The van der Waals surface area contributed by atoms with Crippen LogP contribution in [-0.2, 0) is 76.7 Å². The Morgan fingerprint density at radius 1 is 0.536 bits per heavy atom. The summed E-state index contributed by atoms with van der Waals surface area (Å²) in [6.07, 6.45) is 9.40. The molecule has 0 aliphatic carbocycles. The number of carbonyl (C=O) groups is 15. The molecule has 0 bridgehead atoms. The number of thioether (sulfide) groups is 1. The van der Waals surface area contributed by atoms with Crippen molar-refractivity contribution in [3.8, 4) is 0 Å². The number of ether oxygens (including phenoxy) is 1. The molecule has 0 aromatic rings. The number of thiol groups is 1. The minimum Gasteiger partial charge on any atom is -0.481 e. The van der Waals surface area contributed by atoms with Gasteiger partial charge in [0.05, 0.1) is 31.3 Å². The maximum Gasteiger partial charge on any atom is 0.328 e. The van der Waals surface area contributed by atoms with Crippen LogP contribution in [0.3, 0.4) is 0 Å². The molecule has 1 aliphatic heterocycles. The monoisotopic (exact) mass is 1630 g/mol.